The smallest absolute Gasteiger partial charge is 0.0965 e. The van der Waals surface area contributed by atoms with E-state index in [1.165, 1.54) is 44.5 Å². The van der Waals surface area contributed by atoms with Crippen LogP contribution in [-0.2, 0) is 4.74 Å². The van der Waals surface area contributed by atoms with Crippen LogP contribution in [0.1, 0.15) is 25.7 Å². The maximum atomic E-state index is 5.52. The highest BCUT2D eigenvalue weighted by molar-refractivity contribution is 5.19. The van der Waals surface area contributed by atoms with Crippen molar-refractivity contribution in [1.29, 1.82) is 0 Å². The van der Waals surface area contributed by atoms with E-state index in [0.29, 0.717) is 0 Å². The SMILES string of the molecule is COC1=C[C@@H]2CCN3CCCC[C@H]1[C@H]23. The lowest BCUT2D eigenvalue weighted by Gasteiger charge is -2.27. The van der Waals surface area contributed by atoms with Crippen LogP contribution >= 0.6 is 0 Å². The summed E-state index contributed by atoms with van der Waals surface area (Å²) in [6, 6.07) is 0.799. The van der Waals surface area contributed by atoms with Crippen LogP contribution in [0.4, 0.5) is 0 Å². The summed E-state index contributed by atoms with van der Waals surface area (Å²) in [5.41, 5.74) is 0. The lowest BCUT2D eigenvalue weighted by Crippen LogP contribution is -2.35. The molecule has 0 aromatic rings. The van der Waals surface area contributed by atoms with Crippen molar-refractivity contribution in [3.8, 4) is 0 Å². The highest BCUT2D eigenvalue weighted by atomic mass is 16.5. The topological polar surface area (TPSA) is 12.5 Å². The van der Waals surface area contributed by atoms with Gasteiger partial charge in [0.2, 0.25) is 0 Å². The Bertz CT molecular complexity index is 261. The van der Waals surface area contributed by atoms with Gasteiger partial charge in [0.15, 0.2) is 0 Å². The molecule has 1 aliphatic carbocycles. The Kier molecular flexibility index (Phi) is 2.05. The standard InChI is InChI=1S/C12H19NO/c1-14-11-8-9-5-7-13-6-3-2-4-10(11)12(9)13/h8-10,12H,2-7H2,1H3/t9-,10+,12-/m0/s1. The van der Waals surface area contributed by atoms with Gasteiger partial charge in [-0.2, -0.15) is 0 Å². The summed E-state index contributed by atoms with van der Waals surface area (Å²) in [6.45, 7) is 2.64. The lowest BCUT2D eigenvalue weighted by molar-refractivity contribution is 0.172. The van der Waals surface area contributed by atoms with Crippen molar-refractivity contribution >= 4 is 0 Å². The first-order valence-corrected chi connectivity index (χ1v) is 5.90. The molecule has 0 unspecified atom stereocenters. The first-order valence-electron chi connectivity index (χ1n) is 5.90. The molecule has 2 aliphatic heterocycles. The van der Waals surface area contributed by atoms with E-state index in [-0.39, 0.29) is 0 Å². The number of methoxy groups -OCH3 is 1. The van der Waals surface area contributed by atoms with Gasteiger partial charge in [0.25, 0.3) is 0 Å². The number of hydrogen-bond donors (Lipinski definition) is 0. The molecule has 2 heteroatoms. The van der Waals surface area contributed by atoms with E-state index in [9.17, 15) is 0 Å². The Morgan fingerprint density at radius 2 is 2.21 bits per heavy atom. The summed E-state index contributed by atoms with van der Waals surface area (Å²) in [5.74, 6) is 2.80. The van der Waals surface area contributed by atoms with Crippen LogP contribution in [0.15, 0.2) is 11.8 Å². The van der Waals surface area contributed by atoms with Crippen molar-refractivity contribution in [2.75, 3.05) is 20.2 Å². The molecule has 3 atom stereocenters. The Morgan fingerprint density at radius 1 is 1.29 bits per heavy atom. The van der Waals surface area contributed by atoms with E-state index in [1.807, 2.05) is 7.11 Å². The maximum Gasteiger partial charge on any atom is 0.0965 e. The number of ether oxygens (including phenoxy) is 1. The highest BCUT2D eigenvalue weighted by Gasteiger charge is 2.45. The zero-order valence-corrected chi connectivity index (χ0v) is 8.91. The summed E-state index contributed by atoms with van der Waals surface area (Å²) >= 11 is 0. The van der Waals surface area contributed by atoms with Gasteiger partial charge in [-0.15, -0.1) is 0 Å². The van der Waals surface area contributed by atoms with Gasteiger partial charge in [0, 0.05) is 12.0 Å². The molecule has 0 saturated carbocycles. The second-order valence-corrected chi connectivity index (χ2v) is 4.85. The second kappa shape index (κ2) is 3.27. The van der Waals surface area contributed by atoms with Crippen LogP contribution in [0.5, 0.6) is 0 Å². The van der Waals surface area contributed by atoms with E-state index in [1.54, 1.807) is 0 Å². The minimum atomic E-state index is 0.718. The van der Waals surface area contributed by atoms with Gasteiger partial charge in [0.05, 0.1) is 12.9 Å². The monoisotopic (exact) mass is 193 g/mol. The molecule has 0 aromatic carbocycles. The molecular formula is C12H19NO. The average Bonchev–Trinajstić information content (AvgIpc) is 2.65. The molecule has 0 radical (unpaired) electrons. The Labute approximate surface area is 85.9 Å². The molecule has 2 fully saturated rings. The third-order valence-electron chi connectivity index (χ3n) is 4.21. The minimum absolute atomic E-state index is 0.718. The quantitative estimate of drug-likeness (QED) is 0.631. The van der Waals surface area contributed by atoms with Gasteiger partial charge in [-0.3, -0.25) is 4.90 Å². The van der Waals surface area contributed by atoms with E-state index < -0.39 is 0 Å². The lowest BCUT2D eigenvalue weighted by atomic mass is 9.93. The van der Waals surface area contributed by atoms with Crippen LogP contribution < -0.4 is 0 Å². The molecular weight excluding hydrogens is 174 g/mol. The third kappa shape index (κ3) is 1.13. The van der Waals surface area contributed by atoms with Crippen LogP contribution in [0.25, 0.3) is 0 Å². The fourth-order valence-corrected chi connectivity index (χ4v) is 3.62. The van der Waals surface area contributed by atoms with Crippen molar-refractivity contribution in [3.05, 3.63) is 11.8 Å². The zero-order valence-electron chi connectivity index (χ0n) is 8.91. The van der Waals surface area contributed by atoms with Crippen LogP contribution in [-0.4, -0.2) is 31.1 Å². The highest BCUT2D eigenvalue weighted by Crippen LogP contribution is 2.44. The van der Waals surface area contributed by atoms with E-state index in [2.05, 4.69) is 11.0 Å². The van der Waals surface area contributed by atoms with Crippen LogP contribution in [0.2, 0.25) is 0 Å². The predicted octanol–water partition coefficient (Wildman–Crippen LogP) is 2.02. The Morgan fingerprint density at radius 3 is 3.07 bits per heavy atom. The predicted molar refractivity (Wildman–Crippen MR) is 55.9 cm³/mol. The van der Waals surface area contributed by atoms with E-state index in [0.717, 1.165) is 17.9 Å². The van der Waals surface area contributed by atoms with Crippen LogP contribution in [0, 0.1) is 11.8 Å². The molecule has 14 heavy (non-hydrogen) atoms. The molecule has 0 spiro atoms. The summed E-state index contributed by atoms with van der Waals surface area (Å²) < 4.78 is 5.52. The molecule has 2 heterocycles. The summed E-state index contributed by atoms with van der Waals surface area (Å²) in [5, 5.41) is 0. The van der Waals surface area contributed by atoms with Crippen molar-refractivity contribution in [2.45, 2.75) is 31.7 Å². The first-order chi connectivity index (χ1) is 6.90. The molecule has 0 amide bonds. The van der Waals surface area contributed by atoms with Crippen molar-refractivity contribution in [1.82, 2.24) is 4.90 Å². The van der Waals surface area contributed by atoms with Crippen LogP contribution in [0.3, 0.4) is 0 Å². The van der Waals surface area contributed by atoms with E-state index >= 15 is 0 Å². The number of nitrogens with zero attached hydrogens (tertiary/aromatic N) is 1. The Balaban J connectivity index is 1.90. The average molecular weight is 193 g/mol. The molecule has 2 nitrogen and oxygen atoms in total. The van der Waals surface area contributed by atoms with Gasteiger partial charge in [-0.25, -0.2) is 0 Å². The normalized spacial score (nSPS) is 41.8. The molecule has 0 aromatic heterocycles. The molecule has 3 rings (SSSR count). The first kappa shape index (κ1) is 8.78. The van der Waals surface area contributed by atoms with Crippen molar-refractivity contribution in [2.24, 2.45) is 11.8 Å². The Hall–Kier alpha value is -0.500. The third-order valence-corrected chi connectivity index (χ3v) is 4.21. The van der Waals surface area contributed by atoms with Gasteiger partial charge < -0.3 is 4.74 Å². The molecule has 2 saturated heterocycles. The minimum Gasteiger partial charge on any atom is -0.501 e. The van der Waals surface area contributed by atoms with E-state index in [4.69, 9.17) is 4.74 Å². The maximum absolute atomic E-state index is 5.52. The fourth-order valence-electron chi connectivity index (χ4n) is 3.62. The fraction of sp³-hybridized carbons (Fsp3) is 0.833. The molecule has 0 N–H and O–H groups in total. The number of rotatable bonds is 1. The van der Waals surface area contributed by atoms with Gasteiger partial charge in [0.1, 0.15) is 0 Å². The molecule has 0 bridgehead atoms. The van der Waals surface area contributed by atoms with Crippen molar-refractivity contribution < 1.29 is 4.74 Å². The largest absolute Gasteiger partial charge is 0.501 e. The molecule has 78 valence electrons. The van der Waals surface area contributed by atoms with Gasteiger partial charge in [-0.1, -0.05) is 6.42 Å². The second-order valence-electron chi connectivity index (χ2n) is 4.85. The number of hydrogen-bond acceptors (Lipinski definition) is 2. The van der Waals surface area contributed by atoms with Crippen molar-refractivity contribution in [3.63, 3.8) is 0 Å². The molecule has 3 aliphatic rings. The summed E-state index contributed by atoms with van der Waals surface area (Å²) in [4.78, 5) is 2.70. The van der Waals surface area contributed by atoms with Gasteiger partial charge in [-0.05, 0) is 44.3 Å². The zero-order chi connectivity index (χ0) is 9.54. The summed E-state index contributed by atoms with van der Waals surface area (Å²) in [7, 11) is 1.84. The summed E-state index contributed by atoms with van der Waals surface area (Å²) in [6.07, 6.45) is 7.87. The van der Waals surface area contributed by atoms with Gasteiger partial charge >= 0.3 is 0 Å².